The van der Waals surface area contributed by atoms with E-state index in [1.165, 1.54) is 16.6 Å². The summed E-state index contributed by atoms with van der Waals surface area (Å²) in [5.74, 6) is 1.44. The molecule has 0 spiro atoms. The van der Waals surface area contributed by atoms with Crippen LogP contribution in [0.15, 0.2) is 36.7 Å². The molecule has 3 heterocycles. The van der Waals surface area contributed by atoms with Crippen LogP contribution in [0.1, 0.15) is 35.8 Å². The van der Waals surface area contributed by atoms with Crippen LogP contribution in [0, 0.1) is 6.92 Å². The number of rotatable bonds is 4. The zero-order valence-electron chi connectivity index (χ0n) is 14.8. The van der Waals surface area contributed by atoms with Crippen molar-refractivity contribution < 1.29 is 4.74 Å². The maximum atomic E-state index is 5.31. The lowest BCUT2D eigenvalue weighted by molar-refractivity contribution is 0.201. The Morgan fingerprint density at radius 1 is 1.20 bits per heavy atom. The molecule has 0 radical (unpaired) electrons. The summed E-state index contributed by atoms with van der Waals surface area (Å²) >= 11 is 0. The molecular weight excluding hydrogens is 312 g/mol. The number of fused-ring (bicyclic) bond motifs is 1. The first-order chi connectivity index (χ1) is 12.2. The predicted octanol–water partition coefficient (Wildman–Crippen LogP) is 3.65. The number of benzene rings is 1. The van der Waals surface area contributed by atoms with E-state index in [1.54, 1.807) is 7.11 Å². The molecule has 5 heteroatoms. The van der Waals surface area contributed by atoms with Crippen molar-refractivity contribution in [2.75, 3.05) is 20.2 Å². The second-order valence-corrected chi connectivity index (χ2v) is 6.88. The molecule has 25 heavy (non-hydrogen) atoms. The summed E-state index contributed by atoms with van der Waals surface area (Å²) in [6, 6.07) is 8.39. The van der Waals surface area contributed by atoms with E-state index < -0.39 is 0 Å². The topological polar surface area (TPSA) is 54.0 Å². The number of H-pyrrole nitrogens is 1. The van der Waals surface area contributed by atoms with E-state index >= 15 is 0 Å². The lowest BCUT2D eigenvalue weighted by atomic mass is 9.93. The smallest absolute Gasteiger partial charge is 0.119 e. The molecule has 130 valence electrons. The summed E-state index contributed by atoms with van der Waals surface area (Å²) in [7, 11) is 1.71. The van der Waals surface area contributed by atoms with Gasteiger partial charge in [-0.1, -0.05) is 0 Å². The van der Waals surface area contributed by atoms with Gasteiger partial charge in [-0.05, 0) is 57.1 Å². The average Bonchev–Trinajstić information content (AvgIpc) is 3.03. The second kappa shape index (κ2) is 6.84. The average molecular weight is 336 g/mol. The highest BCUT2D eigenvalue weighted by Gasteiger charge is 2.22. The van der Waals surface area contributed by atoms with Crippen molar-refractivity contribution >= 4 is 10.9 Å². The number of piperidine rings is 1. The quantitative estimate of drug-likeness (QED) is 0.790. The Bertz CT molecular complexity index is 865. The van der Waals surface area contributed by atoms with Gasteiger partial charge in [0, 0.05) is 41.5 Å². The predicted molar refractivity (Wildman–Crippen MR) is 98.9 cm³/mol. The standard InChI is InChI=1S/C20H24N4O/c1-14-11-21-12-20(22-14)15-5-7-24(8-6-15)13-17-9-16-10-18(25-2)3-4-19(16)23-17/h3-4,9-12,15,23H,5-8,13H2,1-2H3. The van der Waals surface area contributed by atoms with Gasteiger partial charge in [0.1, 0.15) is 5.75 Å². The summed E-state index contributed by atoms with van der Waals surface area (Å²) in [5.41, 5.74) is 4.59. The van der Waals surface area contributed by atoms with Gasteiger partial charge in [-0.25, -0.2) is 0 Å². The molecule has 1 aliphatic rings. The van der Waals surface area contributed by atoms with Crippen molar-refractivity contribution in [2.24, 2.45) is 0 Å². The number of aromatic amines is 1. The van der Waals surface area contributed by atoms with Gasteiger partial charge in [0.25, 0.3) is 0 Å². The Kier molecular flexibility index (Phi) is 4.40. The number of likely N-dealkylation sites (tertiary alicyclic amines) is 1. The van der Waals surface area contributed by atoms with Crippen LogP contribution >= 0.6 is 0 Å². The molecular formula is C20H24N4O. The molecule has 0 amide bonds. The van der Waals surface area contributed by atoms with Crippen LogP contribution in [0.5, 0.6) is 5.75 Å². The maximum Gasteiger partial charge on any atom is 0.119 e. The molecule has 2 aromatic heterocycles. The Labute approximate surface area is 148 Å². The van der Waals surface area contributed by atoms with E-state index in [0.29, 0.717) is 5.92 Å². The number of hydrogen-bond acceptors (Lipinski definition) is 4. The highest BCUT2D eigenvalue weighted by molar-refractivity contribution is 5.81. The Balaban J connectivity index is 1.40. The monoisotopic (exact) mass is 336 g/mol. The van der Waals surface area contributed by atoms with Gasteiger partial charge in [-0.15, -0.1) is 0 Å². The van der Waals surface area contributed by atoms with Crippen molar-refractivity contribution in [2.45, 2.75) is 32.2 Å². The van der Waals surface area contributed by atoms with Crippen molar-refractivity contribution in [3.8, 4) is 5.75 Å². The third-order valence-electron chi connectivity index (χ3n) is 5.06. The molecule has 1 aromatic carbocycles. The minimum Gasteiger partial charge on any atom is -0.497 e. The van der Waals surface area contributed by atoms with Crippen LogP contribution in [0.3, 0.4) is 0 Å². The molecule has 5 nitrogen and oxygen atoms in total. The van der Waals surface area contributed by atoms with Gasteiger partial charge in [0.15, 0.2) is 0 Å². The Morgan fingerprint density at radius 3 is 2.80 bits per heavy atom. The van der Waals surface area contributed by atoms with Crippen molar-refractivity contribution in [3.05, 3.63) is 53.7 Å². The Morgan fingerprint density at radius 2 is 2.04 bits per heavy atom. The minimum atomic E-state index is 0.538. The Hall–Kier alpha value is -2.40. The summed E-state index contributed by atoms with van der Waals surface area (Å²) in [5, 5.41) is 1.21. The van der Waals surface area contributed by atoms with Crippen molar-refractivity contribution in [3.63, 3.8) is 0 Å². The first kappa shape index (κ1) is 16.1. The van der Waals surface area contributed by atoms with E-state index in [-0.39, 0.29) is 0 Å². The van der Waals surface area contributed by atoms with Gasteiger partial charge < -0.3 is 9.72 Å². The second-order valence-electron chi connectivity index (χ2n) is 6.88. The SMILES string of the molecule is COc1ccc2[nH]c(CN3CCC(c4cncc(C)n4)CC3)cc2c1. The van der Waals surface area contributed by atoms with Crippen LogP contribution in [0.25, 0.3) is 10.9 Å². The van der Waals surface area contributed by atoms with E-state index in [1.807, 2.05) is 25.4 Å². The molecule has 0 saturated carbocycles. The third kappa shape index (κ3) is 3.51. The van der Waals surface area contributed by atoms with Crippen LogP contribution in [-0.4, -0.2) is 40.1 Å². The lowest BCUT2D eigenvalue weighted by Crippen LogP contribution is -2.32. The number of aromatic nitrogens is 3. The number of nitrogens with one attached hydrogen (secondary N) is 1. The zero-order chi connectivity index (χ0) is 17.2. The highest BCUT2D eigenvalue weighted by Crippen LogP contribution is 2.28. The zero-order valence-corrected chi connectivity index (χ0v) is 14.8. The normalized spacial score (nSPS) is 16.4. The summed E-state index contributed by atoms with van der Waals surface area (Å²) in [6.45, 7) is 5.16. The largest absolute Gasteiger partial charge is 0.497 e. The molecule has 0 unspecified atom stereocenters. The molecule has 1 N–H and O–H groups in total. The molecule has 4 rings (SSSR count). The fourth-order valence-corrected chi connectivity index (χ4v) is 3.69. The third-order valence-corrected chi connectivity index (χ3v) is 5.06. The van der Waals surface area contributed by atoms with Crippen LogP contribution in [-0.2, 0) is 6.54 Å². The highest BCUT2D eigenvalue weighted by atomic mass is 16.5. The van der Waals surface area contributed by atoms with E-state index in [0.717, 1.165) is 49.6 Å². The van der Waals surface area contributed by atoms with Crippen LogP contribution in [0.2, 0.25) is 0 Å². The van der Waals surface area contributed by atoms with Crippen molar-refractivity contribution in [1.29, 1.82) is 0 Å². The van der Waals surface area contributed by atoms with Crippen molar-refractivity contribution in [1.82, 2.24) is 19.9 Å². The van der Waals surface area contributed by atoms with E-state index in [4.69, 9.17) is 4.74 Å². The van der Waals surface area contributed by atoms with Gasteiger partial charge in [0.05, 0.1) is 18.5 Å². The van der Waals surface area contributed by atoms with Crippen LogP contribution in [0.4, 0.5) is 0 Å². The van der Waals surface area contributed by atoms with Gasteiger partial charge >= 0.3 is 0 Å². The first-order valence-electron chi connectivity index (χ1n) is 8.88. The van der Waals surface area contributed by atoms with Crippen LogP contribution < -0.4 is 4.74 Å². The van der Waals surface area contributed by atoms with Gasteiger partial charge in [-0.2, -0.15) is 0 Å². The van der Waals surface area contributed by atoms with Gasteiger partial charge in [-0.3, -0.25) is 14.9 Å². The van der Waals surface area contributed by atoms with Gasteiger partial charge in [0.2, 0.25) is 0 Å². The fourth-order valence-electron chi connectivity index (χ4n) is 3.69. The molecule has 1 aliphatic heterocycles. The number of nitrogens with zero attached hydrogens (tertiary/aromatic N) is 3. The van der Waals surface area contributed by atoms with E-state index in [2.05, 4.69) is 38.1 Å². The maximum absolute atomic E-state index is 5.31. The molecule has 1 fully saturated rings. The molecule has 0 atom stereocenters. The number of methoxy groups -OCH3 is 1. The number of hydrogen-bond donors (Lipinski definition) is 1. The summed E-state index contributed by atoms with van der Waals surface area (Å²) < 4.78 is 5.31. The fraction of sp³-hybridized carbons (Fsp3) is 0.400. The molecule has 0 bridgehead atoms. The van der Waals surface area contributed by atoms with E-state index in [9.17, 15) is 0 Å². The first-order valence-corrected chi connectivity index (χ1v) is 8.88. The lowest BCUT2D eigenvalue weighted by Gasteiger charge is -2.31. The number of aryl methyl sites for hydroxylation is 1. The summed E-state index contributed by atoms with van der Waals surface area (Å²) in [6.07, 6.45) is 6.04. The minimum absolute atomic E-state index is 0.538. The summed E-state index contributed by atoms with van der Waals surface area (Å²) in [4.78, 5) is 15.0. The number of ether oxygens (including phenoxy) is 1. The molecule has 3 aromatic rings. The molecule has 0 aliphatic carbocycles. The molecule has 1 saturated heterocycles.